The minimum atomic E-state index is 0.654. The number of nitriles is 1. The quantitative estimate of drug-likeness (QED) is 0.185. The maximum Gasteiger partial charge on any atom is 0.0992 e. The molecule has 0 amide bonds. The van der Waals surface area contributed by atoms with Gasteiger partial charge in [-0.05, 0) is 82.6 Å². The Morgan fingerprint density at radius 1 is 0.451 bits per heavy atom. The zero-order chi connectivity index (χ0) is 33.6. The fourth-order valence-corrected chi connectivity index (χ4v) is 9.52. The Labute approximate surface area is 297 Å². The highest BCUT2D eigenvalue weighted by atomic mass is 32.1. The van der Waals surface area contributed by atoms with Crippen LogP contribution in [-0.2, 0) is 0 Å². The molecule has 11 aromatic rings. The van der Waals surface area contributed by atoms with E-state index < -0.39 is 0 Å². The van der Waals surface area contributed by atoms with Crippen LogP contribution in [0.15, 0.2) is 164 Å². The van der Waals surface area contributed by atoms with Crippen LogP contribution in [0.3, 0.4) is 0 Å². The molecule has 0 N–H and O–H groups in total. The maximum absolute atomic E-state index is 9.79. The number of benzene rings is 8. The van der Waals surface area contributed by atoms with Crippen molar-refractivity contribution in [1.29, 1.82) is 5.26 Å². The van der Waals surface area contributed by atoms with Crippen LogP contribution < -0.4 is 0 Å². The molecule has 0 unspecified atom stereocenters. The number of rotatable bonds is 3. The van der Waals surface area contributed by atoms with Gasteiger partial charge in [-0.3, -0.25) is 0 Å². The number of fused-ring (bicyclic) bond motifs is 11. The molecule has 11 rings (SSSR count). The van der Waals surface area contributed by atoms with Crippen molar-refractivity contribution in [3.05, 3.63) is 169 Å². The molecule has 0 saturated heterocycles. The van der Waals surface area contributed by atoms with Gasteiger partial charge in [-0.1, -0.05) is 103 Å². The Morgan fingerprint density at radius 3 is 1.94 bits per heavy atom. The van der Waals surface area contributed by atoms with Crippen molar-refractivity contribution in [2.75, 3.05) is 0 Å². The van der Waals surface area contributed by atoms with Gasteiger partial charge in [-0.2, -0.15) is 5.26 Å². The lowest BCUT2D eigenvalue weighted by Crippen LogP contribution is -1.96. The fourth-order valence-electron chi connectivity index (χ4n) is 8.27. The molecule has 0 radical (unpaired) electrons. The van der Waals surface area contributed by atoms with Crippen LogP contribution in [0.5, 0.6) is 0 Å². The Kier molecular flexibility index (Phi) is 5.90. The Hall–Kier alpha value is -6.67. The van der Waals surface area contributed by atoms with Crippen LogP contribution in [0.4, 0.5) is 0 Å². The molecule has 3 nitrogen and oxygen atoms in total. The largest absolute Gasteiger partial charge is 0.309 e. The molecule has 0 aliphatic heterocycles. The molecule has 0 atom stereocenters. The van der Waals surface area contributed by atoms with Crippen LogP contribution in [0.2, 0.25) is 0 Å². The van der Waals surface area contributed by atoms with Crippen LogP contribution >= 0.6 is 11.3 Å². The van der Waals surface area contributed by atoms with E-state index in [-0.39, 0.29) is 0 Å². The molecule has 4 heteroatoms. The van der Waals surface area contributed by atoms with Crippen LogP contribution in [-0.4, -0.2) is 9.13 Å². The summed E-state index contributed by atoms with van der Waals surface area (Å²) < 4.78 is 7.34. The highest BCUT2D eigenvalue weighted by Crippen LogP contribution is 2.44. The minimum Gasteiger partial charge on any atom is -0.309 e. The van der Waals surface area contributed by atoms with Crippen LogP contribution in [0.1, 0.15) is 5.56 Å². The lowest BCUT2D eigenvalue weighted by molar-refractivity contribution is 1.16. The second-order valence-corrected chi connectivity index (χ2v) is 14.3. The summed E-state index contributed by atoms with van der Waals surface area (Å²) in [6.45, 7) is 0. The molecule has 3 aromatic heterocycles. The monoisotopic (exact) mass is 665 g/mol. The van der Waals surface area contributed by atoms with Gasteiger partial charge in [0.1, 0.15) is 0 Å². The third kappa shape index (κ3) is 4.04. The lowest BCUT2D eigenvalue weighted by atomic mass is 10.00. The Morgan fingerprint density at radius 2 is 1.12 bits per heavy atom. The predicted octanol–water partition coefficient (Wildman–Crippen LogP) is 12.9. The van der Waals surface area contributed by atoms with Gasteiger partial charge >= 0.3 is 0 Å². The second-order valence-electron chi connectivity index (χ2n) is 13.2. The molecule has 3 heterocycles. The third-order valence-electron chi connectivity index (χ3n) is 10.5. The van der Waals surface area contributed by atoms with E-state index in [0.717, 1.165) is 33.3 Å². The highest BCUT2D eigenvalue weighted by Gasteiger charge is 2.19. The summed E-state index contributed by atoms with van der Waals surface area (Å²) in [6.07, 6.45) is 0. The number of nitrogens with zero attached hydrogens (tertiary/aromatic N) is 3. The number of aromatic nitrogens is 2. The fraction of sp³-hybridized carbons (Fsp3) is 0. The lowest BCUT2D eigenvalue weighted by Gasteiger charge is -2.11. The first-order chi connectivity index (χ1) is 25.2. The van der Waals surface area contributed by atoms with Gasteiger partial charge in [-0.25, -0.2) is 0 Å². The van der Waals surface area contributed by atoms with Crippen molar-refractivity contribution in [3.8, 4) is 28.6 Å². The topological polar surface area (TPSA) is 33.6 Å². The first-order valence-electron chi connectivity index (χ1n) is 17.2. The van der Waals surface area contributed by atoms with Crippen LogP contribution in [0.25, 0.3) is 97.1 Å². The predicted molar refractivity (Wildman–Crippen MR) is 216 cm³/mol. The van der Waals surface area contributed by atoms with Gasteiger partial charge in [0.15, 0.2) is 0 Å². The van der Waals surface area contributed by atoms with E-state index in [1.54, 1.807) is 0 Å². The second kappa shape index (κ2) is 10.7. The molecule has 0 bridgehead atoms. The number of hydrogen-bond acceptors (Lipinski definition) is 2. The third-order valence-corrected chi connectivity index (χ3v) is 11.7. The smallest absolute Gasteiger partial charge is 0.0992 e. The highest BCUT2D eigenvalue weighted by molar-refractivity contribution is 7.26. The molecule has 51 heavy (non-hydrogen) atoms. The first kappa shape index (κ1) is 28.2. The van der Waals surface area contributed by atoms with Gasteiger partial charge in [-0.15, -0.1) is 11.3 Å². The van der Waals surface area contributed by atoms with E-state index in [2.05, 4.69) is 161 Å². The molecular weight excluding hydrogens is 639 g/mol. The zero-order valence-electron chi connectivity index (χ0n) is 27.3. The molecule has 0 spiro atoms. The molecule has 0 aliphatic rings. The Balaban J connectivity index is 1.13. The molecule has 0 fully saturated rings. The summed E-state index contributed by atoms with van der Waals surface area (Å²) in [5.74, 6) is 0. The van der Waals surface area contributed by atoms with E-state index in [1.807, 2.05) is 29.5 Å². The summed E-state index contributed by atoms with van der Waals surface area (Å²) >= 11 is 1.88. The van der Waals surface area contributed by atoms with E-state index in [9.17, 15) is 5.26 Å². The molecule has 0 aliphatic carbocycles. The Bertz CT molecular complexity index is 3240. The summed E-state index contributed by atoms with van der Waals surface area (Å²) in [4.78, 5) is 0. The average Bonchev–Trinajstić information content (AvgIpc) is 3.84. The standard InChI is InChI=1S/C47H27N3S/c48-28-29-17-23-37-40-26-39-36-13-6-7-16-41(36)49(43(39)27-44(40)50(42(37)25-29)32-10-2-1-3-11-32)33-21-18-31(19-22-33)35-14-8-15-38-46-34-12-5-4-9-30(34)20-24-45(46)51-47(35)38/h1-27H. The van der Waals surface area contributed by atoms with Gasteiger partial charge in [0.05, 0.1) is 33.7 Å². The summed E-state index contributed by atoms with van der Waals surface area (Å²) in [5, 5.41) is 19.8. The zero-order valence-corrected chi connectivity index (χ0v) is 28.2. The van der Waals surface area contributed by atoms with E-state index in [0.29, 0.717) is 5.56 Å². The number of para-hydroxylation sites is 2. The number of hydrogen-bond donors (Lipinski definition) is 0. The molecule has 236 valence electrons. The van der Waals surface area contributed by atoms with Gasteiger partial charge in [0.2, 0.25) is 0 Å². The van der Waals surface area contributed by atoms with Gasteiger partial charge in [0.25, 0.3) is 0 Å². The summed E-state index contributed by atoms with van der Waals surface area (Å²) in [5.41, 5.74) is 9.79. The van der Waals surface area contributed by atoms with E-state index in [4.69, 9.17) is 0 Å². The van der Waals surface area contributed by atoms with Gasteiger partial charge in [0, 0.05) is 53.1 Å². The molecule has 0 saturated carbocycles. The minimum absolute atomic E-state index is 0.654. The van der Waals surface area contributed by atoms with Crippen molar-refractivity contribution in [2.45, 2.75) is 0 Å². The normalized spacial score (nSPS) is 11.9. The summed E-state index contributed by atoms with van der Waals surface area (Å²) in [6, 6.07) is 61.2. The van der Waals surface area contributed by atoms with Crippen molar-refractivity contribution in [1.82, 2.24) is 9.13 Å². The molecular formula is C47H27N3S. The summed E-state index contributed by atoms with van der Waals surface area (Å²) in [7, 11) is 0. The van der Waals surface area contributed by atoms with Crippen molar-refractivity contribution >= 4 is 85.9 Å². The number of thiophene rings is 1. The van der Waals surface area contributed by atoms with Crippen LogP contribution in [0, 0.1) is 11.3 Å². The average molecular weight is 666 g/mol. The first-order valence-corrected chi connectivity index (χ1v) is 18.0. The van der Waals surface area contributed by atoms with Crippen molar-refractivity contribution in [3.63, 3.8) is 0 Å². The van der Waals surface area contributed by atoms with E-state index in [1.165, 1.54) is 63.7 Å². The van der Waals surface area contributed by atoms with Gasteiger partial charge < -0.3 is 9.13 Å². The molecule has 8 aromatic carbocycles. The van der Waals surface area contributed by atoms with E-state index >= 15 is 0 Å². The van der Waals surface area contributed by atoms with Crippen molar-refractivity contribution < 1.29 is 0 Å². The SMILES string of the molecule is N#Cc1ccc2c3cc4c5ccccc5n(-c5ccc(-c6cccc7c6sc6ccc8ccccc8c67)cc5)c4cc3n(-c3ccccc3)c2c1. The maximum atomic E-state index is 9.79. The van der Waals surface area contributed by atoms with Crippen molar-refractivity contribution in [2.24, 2.45) is 0 Å².